The van der Waals surface area contributed by atoms with E-state index in [4.69, 9.17) is 9.47 Å². The van der Waals surface area contributed by atoms with E-state index < -0.39 is 24.1 Å². The summed E-state index contributed by atoms with van der Waals surface area (Å²) in [6.07, 6.45) is 4.65. The van der Waals surface area contributed by atoms with Crippen LogP contribution in [0.15, 0.2) is 73.6 Å². The van der Waals surface area contributed by atoms with Gasteiger partial charge in [-0.15, -0.1) is 0 Å². The third-order valence-electron chi connectivity index (χ3n) is 6.85. The lowest BCUT2D eigenvalue weighted by Crippen LogP contribution is -2.51. The Kier molecular flexibility index (Phi) is 4.62. The summed E-state index contributed by atoms with van der Waals surface area (Å²) in [6, 6.07) is 16.2. The molecule has 2 aromatic heterocycles. The molecule has 0 fully saturated rings. The number of nitrogens with zero attached hydrogens (tertiary/aromatic N) is 4. The first-order valence-electron chi connectivity index (χ1n) is 11.1. The van der Waals surface area contributed by atoms with Gasteiger partial charge in [0.25, 0.3) is 0 Å². The highest BCUT2D eigenvalue weighted by Gasteiger charge is 2.53. The van der Waals surface area contributed by atoms with Crippen molar-refractivity contribution in [2.75, 3.05) is 0 Å². The van der Waals surface area contributed by atoms with E-state index in [2.05, 4.69) is 34.2 Å². The zero-order valence-corrected chi connectivity index (χ0v) is 18.7. The van der Waals surface area contributed by atoms with Gasteiger partial charge in [0, 0.05) is 14.1 Å². The molecule has 3 aliphatic carbocycles. The van der Waals surface area contributed by atoms with Gasteiger partial charge in [-0.2, -0.15) is 0 Å². The highest BCUT2D eigenvalue weighted by atomic mass is 16.6. The normalized spacial score (nSPS) is 22.1. The molecule has 2 aromatic carbocycles. The van der Waals surface area contributed by atoms with Gasteiger partial charge in [-0.1, -0.05) is 48.5 Å². The summed E-state index contributed by atoms with van der Waals surface area (Å²) in [5.41, 5.74) is 5.01. The third-order valence-corrected chi connectivity index (χ3v) is 6.85. The van der Waals surface area contributed by atoms with Crippen LogP contribution in [0, 0.1) is 0 Å². The molecule has 2 heterocycles. The van der Waals surface area contributed by atoms with Gasteiger partial charge in [-0.05, 0) is 22.3 Å². The molecule has 8 nitrogen and oxygen atoms in total. The summed E-state index contributed by atoms with van der Waals surface area (Å²) >= 11 is 0. The van der Waals surface area contributed by atoms with E-state index in [1.54, 1.807) is 35.9 Å². The van der Waals surface area contributed by atoms with Crippen LogP contribution in [0.5, 0.6) is 0 Å². The lowest BCUT2D eigenvalue weighted by atomic mass is 9.61. The van der Waals surface area contributed by atoms with Crippen molar-refractivity contribution in [2.45, 2.75) is 24.0 Å². The average molecular weight is 454 g/mol. The second-order valence-corrected chi connectivity index (χ2v) is 8.73. The van der Waals surface area contributed by atoms with Crippen LogP contribution in [-0.4, -0.2) is 43.2 Å². The number of carbonyl (C=O) groups is 2. The second kappa shape index (κ2) is 7.69. The van der Waals surface area contributed by atoms with Crippen molar-refractivity contribution >= 4 is 11.9 Å². The van der Waals surface area contributed by atoms with Crippen LogP contribution < -0.4 is 0 Å². The number of hydrogen-bond donors (Lipinski definition) is 0. The fraction of sp³-hybridized carbons (Fsp3) is 0.231. The fourth-order valence-corrected chi connectivity index (χ4v) is 5.32. The molecule has 8 heteroatoms. The molecule has 2 bridgehead atoms. The molecular formula is C26H22N4O4. The number of imidazole rings is 2. The van der Waals surface area contributed by atoms with Crippen LogP contribution in [0.3, 0.4) is 0 Å². The number of aryl methyl sites for hydroxylation is 2. The number of hydrogen-bond acceptors (Lipinski definition) is 6. The van der Waals surface area contributed by atoms with Crippen LogP contribution in [0.4, 0.5) is 0 Å². The molecule has 3 aliphatic rings. The second-order valence-electron chi connectivity index (χ2n) is 8.73. The topological polar surface area (TPSA) is 88.2 Å². The number of carbonyl (C=O) groups excluding carboxylic acids is 2. The first-order chi connectivity index (χ1) is 16.5. The van der Waals surface area contributed by atoms with Gasteiger partial charge < -0.3 is 18.6 Å². The first-order valence-corrected chi connectivity index (χ1v) is 11.1. The van der Waals surface area contributed by atoms with Gasteiger partial charge >= 0.3 is 11.9 Å². The molecule has 0 spiro atoms. The Morgan fingerprint density at radius 3 is 1.32 bits per heavy atom. The fourth-order valence-electron chi connectivity index (χ4n) is 5.32. The quantitative estimate of drug-likeness (QED) is 0.440. The standard InChI is InChI=1S/C26H22N4O4/c1-29-13-27-11-19(29)25(31)33-23-21-15-7-3-5-9-17(15)22(18-10-6-4-8-16(18)21)24(23)34-26(32)20-12-28-14-30(20)2/h3-14,21-24H,1-2H3/t21-,22-,23?,24?. The minimum absolute atomic E-state index is 0.265. The largest absolute Gasteiger partial charge is 0.453 e. The Morgan fingerprint density at radius 1 is 0.676 bits per heavy atom. The van der Waals surface area contributed by atoms with E-state index in [0.29, 0.717) is 11.4 Å². The van der Waals surface area contributed by atoms with E-state index in [1.165, 1.54) is 12.4 Å². The lowest BCUT2D eigenvalue weighted by Gasteiger charge is -2.48. The van der Waals surface area contributed by atoms with E-state index >= 15 is 0 Å². The van der Waals surface area contributed by atoms with Gasteiger partial charge in [0.15, 0.2) is 12.2 Å². The maximum Gasteiger partial charge on any atom is 0.357 e. The molecule has 4 aromatic rings. The molecule has 34 heavy (non-hydrogen) atoms. The number of rotatable bonds is 4. The Balaban J connectivity index is 1.47. The Morgan fingerprint density at radius 2 is 1.03 bits per heavy atom. The number of esters is 2. The first kappa shape index (κ1) is 20.4. The predicted molar refractivity (Wildman–Crippen MR) is 121 cm³/mol. The van der Waals surface area contributed by atoms with Crippen molar-refractivity contribution in [2.24, 2.45) is 14.1 Å². The van der Waals surface area contributed by atoms with Crippen molar-refractivity contribution in [1.29, 1.82) is 0 Å². The number of aromatic nitrogens is 4. The van der Waals surface area contributed by atoms with Crippen molar-refractivity contribution in [3.8, 4) is 0 Å². The van der Waals surface area contributed by atoms with E-state index in [-0.39, 0.29) is 11.8 Å². The number of ether oxygens (including phenoxy) is 2. The van der Waals surface area contributed by atoms with Crippen LogP contribution in [0.25, 0.3) is 0 Å². The highest BCUT2D eigenvalue weighted by molar-refractivity contribution is 5.89. The maximum absolute atomic E-state index is 13.2. The van der Waals surface area contributed by atoms with Crippen LogP contribution in [-0.2, 0) is 23.6 Å². The number of fused-ring (bicyclic) bond motifs is 1. The highest BCUT2D eigenvalue weighted by Crippen LogP contribution is 2.54. The van der Waals surface area contributed by atoms with Crippen LogP contribution in [0.2, 0.25) is 0 Å². The minimum Gasteiger partial charge on any atom is -0.453 e. The molecule has 0 radical (unpaired) electrons. The Labute approximate surface area is 195 Å². The van der Waals surface area contributed by atoms with Gasteiger partial charge in [-0.25, -0.2) is 19.6 Å². The third kappa shape index (κ3) is 2.98. The van der Waals surface area contributed by atoms with E-state index in [9.17, 15) is 9.59 Å². The van der Waals surface area contributed by atoms with Gasteiger partial charge in [0.05, 0.1) is 36.9 Å². The van der Waals surface area contributed by atoms with E-state index in [1.807, 2.05) is 24.3 Å². The molecule has 2 atom stereocenters. The van der Waals surface area contributed by atoms with Gasteiger partial charge in [0.1, 0.15) is 11.4 Å². The molecule has 170 valence electrons. The summed E-state index contributed by atoms with van der Waals surface area (Å²) in [5.74, 6) is -1.54. The van der Waals surface area contributed by atoms with Crippen molar-refractivity contribution in [3.63, 3.8) is 0 Å². The minimum atomic E-state index is -0.700. The maximum atomic E-state index is 13.2. The summed E-state index contributed by atoms with van der Waals surface area (Å²) in [5, 5.41) is 0. The molecular weight excluding hydrogens is 432 g/mol. The smallest absolute Gasteiger partial charge is 0.357 e. The molecule has 2 unspecified atom stereocenters. The van der Waals surface area contributed by atoms with Gasteiger partial charge in [0.2, 0.25) is 0 Å². The van der Waals surface area contributed by atoms with E-state index in [0.717, 1.165) is 22.3 Å². The lowest BCUT2D eigenvalue weighted by molar-refractivity contribution is -0.0565. The average Bonchev–Trinajstić information content (AvgIpc) is 3.48. The Bertz CT molecular complexity index is 1270. The predicted octanol–water partition coefficient (Wildman–Crippen LogP) is 3.20. The monoisotopic (exact) mass is 454 g/mol. The molecule has 0 aliphatic heterocycles. The van der Waals surface area contributed by atoms with Gasteiger partial charge in [-0.3, -0.25) is 0 Å². The SMILES string of the molecule is Cn1cncc1C(=O)OC1C(OC(=O)c2cncn2C)[C@H]2c3ccccc3[C@H]1c1ccccc12. The molecule has 0 N–H and O–H groups in total. The molecule has 7 rings (SSSR count). The van der Waals surface area contributed by atoms with Crippen molar-refractivity contribution < 1.29 is 19.1 Å². The summed E-state index contributed by atoms with van der Waals surface area (Å²) in [6.45, 7) is 0. The molecule has 0 saturated heterocycles. The zero-order chi connectivity index (χ0) is 23.4. The zero-order valence-electron chi connectivity index (χ0n) is 18.7. The van der Waals surface area contributed by atoms with Crippen LogP contribution >= 0.6 is 0 Å². The molecule has 0 amide bonds. The van der Waals surface area contributed by atoms with Crippen molar-refractivity contribution in [1.82, 2.24) is 19.1 Å². The summed E-state index contributed by atoms with van der Waals surface area (Å²) in [7, 11) is 3.47. The molecule has 0 saturated carbocycles. The van der Waals surface area contributed by atoms with Crippen LogP contribution in [0.1, 0.15) is 55.1 Å². The summed E-state index contributed by atoms with van der Waals surface area (Å²) in [4.78, 5) is 34.4. The van der Waals surface area contributed by atoms with Crippen molar-refractivity contribution in [3.05, 3.63) is 107 Å². The Hall–Kier alpha value is -4.20. The summed E-state index contributed by atoms with van der Waals surface area (Å²) < 4.78 is 15.5. The number of benzene rings is 2.